The zero-order valence-electron chi connectivity index (χ0n) is 9.86. The molecule has 8 heteroatoms. The number of nitrogens with one attached hydrogen (secondary N) is 1. The second-order valence-electron chi connectivity index (χ2n) is 4.10. The third-order valence-electron chi connectivity index (χ3n) is 2.74. The minimum Gasteiger partial charge on any atom is -0.358 e. The Morgan fingerprint density at radius 1 is 1.37 bits per heavy atom. The van der Waals surface area contributed by atoms with Crippen molar-refractivity contribution in [2.75, 3.05) is 12.4 Å². The predicted octanol–water partition coefficient (Wildman–Crippen LogP) is 1.27. The molecule has 1 saturated heterocycles. The van der Waals surface area contributed by atoms with E-state index in [0.29, 0.717) is 0 Å². The predicted molar refractivity (Wildman–Crippen MR) is 59.0 cm³/mol. The summed E-state index contributed by atoms with van der Waals surface area (Å²) < 4.78 is 37.4. The van der Waals surface area contributed by atoms with Gasteiger partial charge in [0.25, 0.3) is 5.91 Å². The molecular weight excluding hydrogens is 263 g/mol. The molecule has 1 aliphatic heterocycles. The largest absolute Gasteiger partial charge is 0.433 e. The first-order valence-corrected chi connectivity index (χ1v) is 5.40. The van der Waals surface area contributed by atoms with Gasteiger partial charge in [-0.05, 0) is 12.1 Å². The second-order valence-corrected chi connectivity index (χ2v) is 4.10. The molecule has 19 heavy (non-hydrogen) atoms. The smallest absolute Gasteiger partial charge is 0.358 e. The van der Waals surface area contributed by atoms with Crippen LogP contribution in [-0.2, 0) is 15.8 Å². The maximum Gasteiger partial charge on any atom is 0.433 e. The maximum absolute atomic E-state index is 12.5. The van der Waals surface area contributed by atoms with Gasteiger partial charge in [0.15, 0.2) is 0 Å². The fraction of sp³-hybridized carbons (Fsp3) is 0.364. The van der Waals surface area contributed by atoms with Crippen molar-refractivity contribution >= 4 is 17.6 Å². The molecule has 1 aromatic rings. The number of nitrogens with zero attached hydrogens (tertiary/aromatic N) is 2. The molecular formula is C11H10F3N3O2. The number of alkyl halides is 3. The Balaban J connectivity index is 2.17. The van der Waals surface area contributed by atoms with Gasteiger partial charge >= 0.3 is 6.18 Å². The van der Waals surface area contributed by atoms with Crippen molar-refractivity contribution < 1.29 is 22.8 Å². The minimum atomic E-state index is -4.55. The van der Waals surface area contributed by atoms with Crippen LogP contribution in [0.5, 0.6) is 0 Å². The summed E-state index contributed by atoms with van der Waals surface area (Å²) in [7, 11) is 1.33. The van der Waals surface area contributed by atoms with Gasteiger partial charge in [-0.15, -0.1) is 0 Å². The van der Waals surface area contributed by atoms with E-state index >= 15 is 0 Å². The monoisotopic (exact) mass is 273 g/mol. The molecule has 2 rings (SSSR count). The Labute approximate surface area is 106 Å². The number of rotatable bonds is 2. The van der Waals surface area contributed by atoms with Gasteiger partial charge in [-0.2, -0.15) is 13.2 Å². The highest BCUT2D eigenvalue weighted by atomic mass is 19.4. The zero-order chi connectivity index (χ0) is 14.2. The van der Waals surface area contributed by atoms with Crippen LogP contribution in [0.4, 0.5) is 19.0 Å². The first kappa shape index (κ1) is 13.3. The standard InChI is InChI=1S/C11H10F3N3O2/c1-17-9(18)5-6(10(17)19)15-8-4-2-3-7(16-8)11(12,13)14/h2-4,6H,5H2,1H3,(H,15,16). The Kier molecular flexibility index (Phi) is 3.17. The van der Waals surface area contributed by atoms with Crippen LogP contribution in [0, 0.1) is 0 Å². The number of anilines is 1. The number of likely N-dealkylation sites (N-methyl/N-ethyl adjacent to an activating group) is 1. The summed E-state index contributed by atoms with van der Waals surface area (Å²) in [5.41, 5.74) is -1.05. The van der Waals surface area contributed by atoms with E-state index in [0.717, 1.165) is 11.0 Å². The molecule has 1 unspecified atom stereocenters. The average molecular weight is 273 g/mol. The molecule has 5 nitrogen and oxygen atoms in total. The van der Waals surface area contributed by atoms with Crippen LogP contribution in [0.25, 0.3) is 0 Å². The normalized spacial score (nSPS) is 20.0. The zero-order valence-corrected chi connectivity index (χ0v) is 9.86. The topological polar surface area (TPSA) is 62.3 Å². The molecule has 2 heterocycles. The molecule has 0 saturated carbocycles. The molecule has 102 valence electrons. The quantitative estimate of drug-likeness (QED) is 0.824. The molecule has 0 spiro atoms. The van der Waals surface area contributed by atoms with Crippen molar-refractivity contribution in [3.8, 4) is 0 Å². The van der Waals surface area contributed by atoms with Gasteiger partial charge < -0.3 is 5.32 Å². The lowest BCUT2D eigenvalue weighted by atomic mass is 10.2. The Bertz CT molecular complexity index is 530. The van der Waals surface area contributed by atoms with Crippen LogP contribution < -0.4 is 5.32 Å². The van der Waals surface area contributed by atoms with Gasteiger partial charge in [0, 0.05) is 7.05 Å². The number of aromatic nitrogens is 1. The van der Waals surface area contributed by atoms with Crippen LogP contribution in [0.2, 0.25) is 0 Å². The molecule has 1 atom stereocenters. The minimum absolute atomic E-state index is 0.0868. The second kappa shape index (κ2) is 4.52. The summed E-state index contributed by atoms with van der Waals surface area (Å²) in [6, 6.07) is 2.46. The van der Waals surface area contributed by atoms with Crippen molar-refractivity contribution in [3.63, 3.8) is 0 Å². The van der Waals surface area contributed by atoms with Crippen molar-refractivity contribution in [1.82, 2.24) is 9.88 Å². The van der Waals surface area contributed by atoms with Crippen LogP contribution in [0.1, 0.15) is 12.1 Å². The lowest BCUT2D eigenvalue weighted by molar-refractivity contribution is -0.141. The van der Waals surface area contributed by atoms with Crippen molar-refractivity contribution in [2.45, 2.75) is 18.6 Å². The van der Waals surface area contributed by atoms with Crippen LogP contribution in [0.3, 0.4) is 0 Å². The molecule has 1 N–H and O–H groups in total. The van der Waals surface area contributed by atoms with Gasteiger partial charge in [0.1, 0.15) is 17.6 Å². The molecule has 1 fully saturated rings. The number of carbonyl (C=O) groups is 2. The van der Waals surface area contributed by atoms with E-state index in [2.05, 4.69) is 10.3 Å². The molecule has 0 bridgehead atoms. The molecule has 1 aromatic heterocycles. The maximum atomic E-state index is 12.5. The van der Waals surface area contributed by atoms with E-state index in [1.54, 1.807) is 0 Å². The lowest BCUT2D eigenvalue weighted by Gasteiger charge is -2.13. The number of hydrogen-bond donors (Lipinski definition) is 1. The van der Waals surface area contributed by atoms with E-state index in [1.807, 2.05) is 0 Å². The van der Waals surface area contributed by atoms with E-state index < -0.39 is 23.8 Å². The molecule has 2 amide bonds. The van der Waals surface area contributed by atoms with E-state index in [-0.39, 0.29) is 18.1 Å². The number of amides is 2. The number of likely N-dealkylation sites (tertiary alicyclic amines) is 1. The van der Waals surface area contributed by atoms with Gasteiger partial charge in [-0.3, -0.25) is 14.5 Å². The van der Waals surface area contributed by atoms with Gasteiger partial charge in [0.05, 0.1) is 6.42 Å². The molecule has 1 aliphatic rings. The summed E-state index contributed by atoms with van der Waals surface area (Å²) in [4.78, 5) is 27.2. The number of hydrogen-bond acceptors (Lipinski definition) is 4. The molecule has 0 aliphatic carbocycles. The summed E-state index contributed by atoms with van der Waals surface area (Å²) in [5.74, 6) is -0.949. The highest BCUT2D eigenvalue weighted by Crippen LogP contribution is 2.28. The average Bonchev–Trinajstić information content (AvgIpc) is 2.56. The summed E-state index contributed by atoms with van der Waals surface area (Å²) in [6.45, 7) is 0. The van der Waals surface area contributed by atoms with Crippen molar-refractivity contribution in [1.29, 1.82) is 0 Å². The van der Waals surface area contributed by atoms with Crippen LogP contribution in [0.15, 0.2) is 18.2 Å². The van der Waals surface area contributed by atoms with Crippen LogP contribution in [-0.4, -0.2) is 34.8 Å². The third kappa shape index (κ3) is 2.67. The highest BCUT2D eigenvalue weighted by molar-refractivity contribution is 6.06. The number of pyridine rings is 1. The SMILES string of the molecule is CN1C(=O)CC(Nc2cccc(C(F)(F)F)n2)C1=O. The number of imide groups is 1. The summed E-state index contributed by atoms with van der Waals surface area (Å²) >= 11 is 0. The van der Waals surface area contributed by atoms with Crippen molar-refractivity contribution in [2.24, 2.45) is 0 Å². The fourth-order valence-electron chi connectivity index (χ4n) is 1.72. The summed E-state index contributed by atoms with van der Waals surface area (Å²) in [5, 5.41) is 2.54. The van der Waals surface area contributed by atoms with Gasteiger partial charge in [-0.1, -0.05) is 6.07 Å². The number of carbonyl (C=O) groups excluding carboxylic acids is 2. The lowest BCUT2D eigenvalue weighted by Crippen LogP contribution is -2.32. The molecule has 0 radical (unpaired) electrons. The highest BCUT2D eigenvalue weighted by Gasteiger charge is 2.37. The number of halogens is 3. The van der Waals surface area contributed by atoms with Crippen LogP contribution >= 0.6 is 0 Å². The Hall–Kier alpha value is -2.12. The molecule has 0 aromatic carbocycles. The Morgan fingerprint density at radius 3 is 2.58 bits per heavy atom. The van der Waals surface area contributed by atoms with Crippen molar-refractivity contribution in [3.05, 3.63) is 23.9 Å². The van der Waals surface area contributed by atoms with E-state index in [4.69, 9.17) is 0 Å². The summed E-state index contributed by atoms with van der Waals surface area (Å²) in [6.07, 6.45) is -4.64. The first-order valence-electron chi connectivity index (χ1n) is 5.40. The first-order chi connectivity index (χ1) is 8.79. The van der Waals surface area contributed by atoms with E-state index in [1.165, 1.54) is 19.2 Å². The van der Waals surface area contributed by atoms with Gasteiger partial charge in [0.2, 0.25) is 5.91 Å². The van der Waals surface area contributed by atoms with E-state index in [9.17, 15) is 22.8 Å². The third-order valence-corrected chi connectivity index (χ3v) is 2.74. The Morgan fingerprint density at radius 2 is 2.05 bits per heavy atom. The van der Waals surface area contributed by atoms with Gasteiger partial charge in [-0.25, -0.2) is 4.98 Å². The fourth-order valence-corrected chi connectivity index (χ4v) is 1.72.